The number of fused-ring (bicyclic) bond motifs is 2. The first-order chi connectivity index (χ1) is 22.5. The number of nitrogens with one attached hydrogen (secondary N) is 3. The van der Waals surface area contributed by atoms with Gasteiger partial charge in [0.1, 0.15) is 11.6 Å². The van der Waals surface area contributed by atoms with Crippen LogP contribution in [0.4, 0.5) is 13.9 Å². The number of thiazole rings is 1. The number of halogens is 2. The van der Waals surface area contributed by atoms with Crippen LogP contribution in [-0.2, 0) is 33.0 Å². The molecule has 4 heterocycles. The van der Waals surface area contributed by atoms with Gasteiger partial charge in [-0.05, 0) is 43.3 Å². The lowest BCUT2D eigenvalue weighted by molar-refractivity contribution is -0.119. The molecule has 0 spiro atoms. The average Bonchev–Trinajstić information content (AvgIpc) is 3.60. The van der Waals surface area contributed by atoms with Crippen molar-refractivity contribution in [3.63, 3.8) is 0 Å². The van der Waals surface area contributed by atoms with Gasteiger partial charge in [0.2, 0.25) is 5.91 Å². The van der Waals surface area contributed by atoms with Gasteiger partial charge in [0.05, 0.1) is 35.2 Å². The van der Waals surface area contributed by atoms with Crippen LogP contribution in [0.1, 0.15) is 24.2 Å². The van der Waals surface area contributed by atoms with E-state index in [2.05, 4.69) is 25.4 Å². The number of anilines is 1. The molecule has 3 aromatic heterocycles. The van der Waals surface area contributed by atoms with E-state index in [1.54, 1.807) is 19.2 Å². The Morgan fingerprint density at radius 3 is 2.53 bits per heavy atom. The molecule has 2 aromatic carbocycles. The Kier molecular flexibility index (Phi) is 9.48. The molecule has 3 N–H and O–H groups in total. The third kappa shape index (κ3) is 7.11. The summed E-state index contributed by atoms with van der Waals surface area (Å²) in [6, 6.07) is 9.51. The maximum absolute atomic E-state index is 14.2. The summed E-state index contributed by atoms with van der Waals surface area (Å²) in [4.78, 5) is 24.5. The molecule has 12 nitrogen and oxygen atoms in total. The summed E-state index contributed by atoms with van der Waals surface area (Å²) in [6.45, 7) is 5.99. The molecule has 0 unspecified atom stereocenters. The number of pyridine rings is 1. The number of rotatable bonds is 11. The van der Waals surface area contributed by atoms with E-state index in [4.69, 9.17) is 14.7 Å². The number of morpholine rings is 1. The highest BCUT2D eigenvalue weighted by atomic mass is 32.2. The van der Waals surface area contributed by atoms with Crippen molar-refractivity contribution in [2.75, 3.05) is 51.8 Å². The predicted molar refractivity (Wildman–Crippen MR) is 176 cm³/mol. The molecule has 0 saturated carbocycles. The van der Waals surface area contributed by atoms with Crippen LogP contribution in [0.5, 0.6) is 0 Å². The van der Waals surface area contributed by atoms with Crippen molar-refractivity contribution in [3.8, 4) is 11.1 Å². The van der Waals surface area contributed by atoms with Crippen LogP contribution in [-0.4, -0.2) is 85.4 Å². The number of sulfonamides is 1. The number of hydrogen-bond donors (Lipinski definition) is 3. The molecule has 6 rings (SSSR count). The van der Waals surface area contributed by atoms with E-state index in [0.717, 1.165) is 30.4 Å². The molecular formula is C31H34F2N8O4S2. The molecule has 5 aromatic rings. The Labute approximate surface area is 274 Å². The Bertz CT molecular complexity index is 2040. The molecule has 1 aliphatic heterocycles. The molecular weight excluding hydrogens is 651 g/mol. The van der Waals surface area contributed by atoms with Gasteiger partial charge in [-0.25, -0.2) is 31.9 Å². The number of aryl methyl sites for hydroxylation is 1. The van der Waals surface area contributed by atoms with Crippen LogP contribution in [0.15, 0.2) is 47.5 Å². The number of nitrogens with zero attached hydrogens (tertiary/aromatic N) is 5. The summed E-state index contributed by atoms with van der Waals surface area (Å²) in [6.07, 6.45) is 0.0231. The minimum absolute atomic E-state index is 0.0231. The Morgan fingerprint density at radius 2 is 1.83 bits per heavy atom. The average molecular weight is 685 g/mol. The van der Waals surface area contributed by atoms with Crippen molar-refractivity contribution >= 4 is 53.6 Å². The molecule has 0 radical (unpaired) electrons. The Hall–Kier alpha value is -4.09. The van der Waals surface area contributed by atoms with Gasteiger partial charge >= 0.3 is 0 Å². The SMILES string of the molecule is CNS(=O)(=O)c1nn(C)c2c(-c3cc4sc(NCCN5CCOCC5)nc4nc3[C@H](Cc3cc(F)cc(F)c3)NC(C)=O)cccc12. The summed E-state index contributed by atoms with van der Waals surface area (Å²) >= 11 is 1.41. The van der Waals surface area contributed by atoms with Gasteiger partial charge in [-0.1, -0.05) is 23.5 Å². The number of hydrogen-bond acceptors (Lipinski definition) is 10. The number of aromatic nitrogens is 4. The van der Waals surface area contributed by atoms with Crippen LogP contribution in [0.3, 0.4) is 0 Å². The maximum atomic E-state index is 14.2. The van der Waals surface area contributed by atoms with Gasteiger partial charge < -0.3 is 15.4 Å². The van der Waals surface area contributed by atoms with Crippen LogP contribution in [0.25, 0.3) is 32.4 Å². The third-order valence-corrected chi connectivity index (χ3v) is 10.2. The van der Waals surface area contributed by atoms with Gasteiger partial charge in [-0.2, -0.15) is 5.10 Å². The van der Waals surface area contributed by atoms with Gasteiger partial charge in [-0.3, -0.25) is 14.4 Å². The molecule has 1 saturated heterocycles. The molecule has 1 amide bonds. The summed E-state index contributed by atoms with van der Waals surface area (Å²) in [5.41, 5.74) is 2.86. The largest absolute Gasteiger partial charge is 0.379 e. The van der Waals surface area contributed by atoms with Crippen molar-refractivity contribution < 1.29 is 26.7 Å². The zero-order valence-electron chi connectivity index (χ0n) is 26.0. The van der Waals surface area contributed by atoms with E-state index in [9.17, 15) is 22.0 Å². The second-order valence-corrected chi connectivity index (χ2v) is 14.0. The van der Waals surface area contributed by atoms with Crippen LogP contribution in [0.2, 0.25) is 0 Å². The molecule has 248 valence electrons. The number of amides is 1. The molecule has 0 bridgehead atoms. The van der Waals surface area contributed by atoms with Gasteiger partial charge in [0, 0.05) is 62.7 Å². The van der Waals surface area contributed by atoms with Crippen molar-refractivity contribution in [1.29, 1.82) is 0 Å². The summed E-state index contributed by atoms with van der Waals surface area (Å²) in [5.74, 6) is -1.85. The van der Waals surface area contributed by atoms with Crippen molar-refractivity contribution in [1.82, 2.24) is 34.7 Å². The minimum atomic E-state index is -3.89. The van der Waals surface area contributed by atoms with E-state index >= 15 is 0 Å². The van der Waals surface area contributed by atoms with Gasteiger partial charge in [-0.15, -0.1) is 0 Å². The fourth-order valence-electron chi connectivity index (χ4n) is 5.82. The second-order valence-electron chi connectivity index (χ2n) is 11.2. The number of para-hydroxylation sites is 1. The molecule has 1 aliphatic rings. The first-order valence-corrected chi connectivity index (χ1v) is 17.3. The smallest absolute Gasteiger partial charge is 0.260 e. The number of carbonyl (C=O) groups excluding carboxylic acids is 1. The standard InChI is InChI=1S/C31H34F2N8O4S2/c1-18(42)36-25(15-19-13-20(32)16-21(33)14-19)27-24(22-5-4-6-23-28(22)40(3)39-30(23)47(43,44)34-2)17-26-29(37-27)38-31(46-26)35-7-8-41-9-11-45-12-10-41/h4-6,13-14,16-17,25,34H,7-12,15H2,1-3H3,(H,36,42)(H,35,37,38)/t25-/m0/s1. The summed E-state index contributed by atoms with van der Waals surface area (Å²) in [7, 11) is -0.927. The number of benzene rings is 2. The van der Waals surface area contributed by atoms with E-state index in [1.807, 2.05) is 12.1 Å². The highest BCUT2D eigenvalue weighted by molar-refractivity contribution is 7.89. The first-order valence-electron chi connectivity index (χ1n) is 15.0. The topological polar surface area (TPSA) is 143 Å². The van der Waals surface area contributed by atoms with E-state index in [0.29, 0.717) is 63.8 Å². The van der Waals surface area contributed by atoms with Crippen LogP contribution >= 0.6 is 11.3 Å². The van der Waals surface area contributed by atoms with E-state index in [1.165, 1.54) is 42.1 Å². The number of ether oxygens (including phenoxy) is 1. The fourth-order valence-corrected chi connectivity index (χ4v) is 7.57. The quantitative estimate of drug-likeness (QED) is 0.190. The molecule has 47 heavy (non-hydrogen) atoms. The maximum Gasteiger partial charge on any atom is 0.260 e. The minimum Gasteiger partial charge on any atom is -0.379 e. The van der Waals surface area contributed by atoms with Crippen molar-refractivity contribution in [3.05, 3.63) is 65.4 Å². The fraction of sp³-hybridized carbons (Fsp3) is 0.355. The summed E-state index contributed by atoms with van der Waals surface area (Å²) in [5, 5.41) is 11.5. The van der Waals surface area contributed by atoms with Gasteiger partial charge in [0.15, 0.2) is 15.8 Å². The lowest BCUT2D eigenvalue weighted by atomic mass is 9.94. The van der Waals surface area contributed by atoms with Crippen LogP contribution < -0.4 is 15.4 Å². The zero-order valence-corrected chi connectivity index (χ0v) is 27.6. The molecule has 16 heteroatoms. The lowest BCUT2D eigenvalue weighted by Gasteiger charge is -2.26. The Balaban J connectivity index is 1.49. The summed E-state index contributed by atoms with van der Waals surface area (Å²) < 4.78 is 64.2. The van der Waals surface area contributed by atoms with Crippen molar-refractivity contribution in [2.45, 2.75) is 24.4 Å². The van der Waals surface area contributed by atoms with Crippen LogP contribution in [0, 0.1) is 11.6 Å². The van der Waals surface area contributed by atoms with E-state index < -0.39 is 27.7 Å². The normalized spacial score (nSPS) is 14.9. The highest BCUT2D eigenvalue weighted by Crippen LogP contribution is 2.39. The zero-order chi connectivity index (χ0) is 33.3. The number of carbonyl (C=O) groups is 1. The molecule has 0 aliphatic carbocycles. The molecule has 1 fully saturated rings. The predicted octanol–water partition coefficient (Wildman–Crippen LogP) is 3.60. The van der Waals surface area contributed by atoms with Gasteiger partial charge in [0.25, 0.3) is 10.0 Å². The highest BCUT2D eigenvalue weighted by Gasteiger charge is 2.27. The molecule has 1 atom stereocenters. The third-order valence-electron chi connectivity index (χ3n) is 7.93. The van der Waals surface area contributed by atoms with Crippen molar-refractivity contribution in [2.24, 2.45) is 7.05 Å². The van der Waals surface area contributed by atoms with E-state index in [-0.39, 0.29) is 17.4 Å². The first kappa shape index (κ1) is 32.8. The lowest BCUT2D eigenvalue weighted by Crippen LogP contribution is -2.38. The Morgan fingerprint density at radius 1 is 1.09 bits per heavy atom. The second kappa shape index (κ2) is 13.6. The monoisotopic (exact) mass is 684 g/mol.